The molecular formula is C23H26N2O3. The topological polar surface area (TPSA) is 58.6 Å². The van der Waals surface area contributed by atoms with E-state index in [-0.39, 0.29) is 29.9 Å². The molecule has 1 amide bonds. The molecule has 0 spiro atoms. The number of carbonyl (C=O) groups is 2. The maximum absolute atomic E-state index is 12.5. The molecule has 1 aliphatic carbocycles. The van der Waals surface area contributed by atoms with Gasteiger partial charge >= 0.3 is 5.97 Å². The molecular weight excluding hydrogens is 352 g/mol. The molecule has 1 N–H and O–H groups in total. The number of benzene rings is 2. The molecule has 4 rings (SSSR count). The zero-order valence-corrected chi connectivity index (χ0v) is 16.5. The molecule has 0 saturated heterocycles. The molecule has 2 aromatic carbocycles. The molecule has 2 aromatic rings. The highest BCUT2D eigenvalue weighted by molar-refractivity contribution is 5.94. The smallest absolute Gasteiger partial charge is 0.337 e. The lowest BCUT2D eigenvalue weighted by Gasteiger charge is -2.46. The minimum Gasteiger partial charge on any atom is -0.465 e. The molecule has 1 aliphatic heterocycles. The highest BCUT2D eigenvalue weighted by atomic mass is 16.5. The lowest BCUT2D eigenvalue weighted by molar-refractivity contribution is -0.117. The molecule has 28 heavy (non-hydrogen) atoms. The maximum atomic E-state index is 12.5. The van der Waals surface area contributed by atoms with E-state index in [4.69, 9.17) is 4.74 Å². The summed E-state index contributed by atoms with van der Waals surface area (Å²) in [6.45, 7) is 3.90. The summed E-state index contributed by atoms with van der Waals surface area (Å²) < 4.78 is 4.77. The molecule has 2 aliphatic rings. The number of nitrogens with zero attached hydrogens (tertiary/aromatic N) is 1. The Balaban J connectivity index is 1.68. The van der Waals surface area contributed by atoms with Gasteiger partial charge in [0.2, 0.25) is 5.91 Å². The van der Waals surface area contributed by atoms with Crippen molar-refractivity contribution in [3.8, 4) is 0 Å². The Bertz CT molecular complexity index is 889. The average Bonchev–Trinajstić information content (AvgIpc) is 3.54. The summed E-state index contributed by atoms with van der Waals surface area (Å²) in [5, 5.41) is 3.65. The van der Waals surface area contributed by atoms with Crippen LogP contribution in [0.5, 0.6) is 0 Å². The summed E-state index contributed by atoms with van der Waals surface area (Å²) in [7, 11) is 1.38. The van der Waals surface area contributed by atoms with Gasteiger partial charge in [0.25, 0.3) is 0 Å². The summed E-state index contributed by atoms with van der Waals surface area (Å²) in [4.78, 5) is 26.2. The van der Waals surface area contributed by atoms with E-state index in [2.05, 4.69) is 18.3 Å². The summed E-state index contributed by atoms with van der Waals surface area (Å²) in [5.74, 6) is 0.607. The van der Waals surface area contributed by atoms with E-state index in [9.17, 15) is 9.59 Å². The highest BCUT2D eigenvalue weighted by Gasteiger charge is 2.47. The molecule has 146 valence electrons. The first kappa shape index (κ1) is 18.5. The molecule has 1 heterocycles. The van der Waals surface area contributed by atoms with Gasteiger partial charge in [0.15, 0.2) is 0 Å². The Morgan fingerprint density at radius 1 is 1.07 bits per heavy atom. The van der Waals surface area contributed by atoms with Crippen molar-refractivity contribution >= 4 is 23.3 Å². The Kier molecular flexibility index (Phi) is 4.84. The summed E-state index contributed by atoms with van der Waals surface area (Å²) >= 11 is 0. The molecule has 2 unspecified atom stereocenters. The van der Waals surface area contributed by atoms with Gasteiger partial charge in [-0.05, 0) is 54.7 Å². The maximum Gasteiger partial charge on any atom is 0.337 e. The predicted octanol–water partition coefficient (Wildman–Crippen LogP) is 4.41. The van der Waals surface area contributed by atoms with Gasteiger partial charge in [0.1, 0.15) is 0 Å². The number of anilines is 2. The molecule has 3 atom stereocenters. The van der Waals surface area contributed by atoms with Crippen molar-refractivity contribution in [1.82, 2.24) is 0 Å². The van der Waals surface area contributed by atoms with Crippen molar-refractivity contribution in [2.75, 3.05) is 17.3 Å². The van der Waals surface area contributed by atoms with Crippen molar-refractivity contribution in [3.63, 3.8) is 0 Å². The van der Waals surface area contributed by atoms with Crippen LogP contribution in [0.2, 0.25) is 0 Å². The Morgan fingerprint density at radius 3 is 2.36 bits per heavy atom. The number of methoxy groups -OCH3 is 1. The number of hydrogen-bond acceptors (Lipinski definition) is 4. The third-order valence-corrected chi connectivity index (χ3v) is 5.97. The molecule has 1 fully saturated rings. The SMILES string of the molecule is COC(=O)c1ccc(NC2c3ccccc3N(C(C)=O)C(C3CC3)[C@@H]2C)cc1. The van der Waals surface area contributed by atoms with Crippen LogP contribution in [0.15, 0.2) is 48.5 Å². The van der Waals surface area contributed by atoms with Crippen LogP contribution < -0.4 is 10.2 Å². The molecule has 0 radical (unpaired) electrons. The van der Waals surface area contributed by atoms with Crippen LogP contribution in [-0.2, 0) is 9.53 Å². The zero-order chi connectivity index (χ0) is 19.8. The van der Waals surface area contributed by atoms with Gasteiger partial charge < -0.3 is 15.0 Å². The third-order valence-electron chi connectivity index (χ3n) is 5.97. The molecule has 1 saturated carbocycles. The second-order valence-corrected chi connectivity index (χ2v) is 7.83. The lowest BCUT2D eigenvalue weighted by Crippen LogP contribution is -2.51. The van der Waals surface area contributed by atoms with Gasteiger partial charge in [-0.3, -0.25) is 4.79 Å². The minimum absolute atomic E-state index is 0.0985. The molecule has 0 bridgehead atoms. The molecule has 5 heteroatoms. The Hall–Kier alpha value is -2.82. The van der Waals surface area contributed by atoms with Crippen LogP contribution in [-0.4, -0.2) is 25.0 Å². The van der Waals surface area contributed by atoms with Crippen LogP contribution >= 0.6 is 0 Å². The van der Waals surface area contributed by atoms with Crippen LogP contribution in [0.25, 0.3) is 0 Å². The summed E-state index contributed by atoms with van der Waals surface area (Å²) in [6.07, 6.45) is 2.36. The fraction of sp³-hybridized carbons (Fsp3) is 0.391. The number of esters is 1. The second-order valence-electron chi connectivity index (χ2n) is 7.83. The first-order chi connectivity index (χ1) is 13.5. The van der Waals surface area contributed by atoms with Crippen LogP contribution in [0.3, 0.4) is 0 Å². The van der Waals surface area contributed by atoms with Crippen molar-refractivity contribution in [2.45, 2.75) is 38.8 Å². The van der Waals surface area contributed by atoms with Gasteiger partial charge in [-0.1, -0.05) is 25.1 Å². The second kappa shape index (κ2) is 7.30. The summed E-state index contributed by atoms with van der Waals surface area (Å²) in [5.41, 5.74) is 3.63. The van der Waals surface area contributed by atoms with Gasteiger partial charge in [-0.25, -0.2) is 4.79 Å². The number of rotatable bonds is 4. The predicted molar refractivity (Wildman–Crippen MR) is 109 cm³/mol. The number of fused-ring (bicyclic) bond motifs is 1. The number of carbonyl (C=O) groups excluding carboxylic acids is 2. The van der Waals surface area contributed by atoms with Gasteiger partial charge in [-0.15, -0.1) is 0 Å². The zero-order valence-electron chi connectivity index (χ0n) is 16.5. The van der Waals surface area contributed by atoms with Crippen LogP contribution in [0.1, 0.15) is 48.7 Å². The largest absolute Gasteiger partial charge is 0.465 e. The Labute approximate surface area is 165 Å². The lowest BCUT2D eigenvalue weighted by atomic mass is 9.80. The number of ether oxygens (including phenoxy) is 1. The molecule has 5 nitrogen and oxygen atoms in total. The molecule has 0 aromatic heterocycles. The quantitative estimate of drug-likeness (QED) is 0.801. The Morgan fingerprint density at radius 2 is 1.75 bits per heavy atom. The fourth-order valence-corrected chi connectivity index (χ4v) is 4.51. The standard InChI is InChI=1S/C23H26N2O3/c1-14-21(24-18-12-10-17(11-13-18)23(27)28-3)19-6-4-5-7-20(19)25(15(2)26)22(14)16-8-9-16/h4-7,10-14,16,21-22,24H,8-9H2,1-3H3/t14-,21?,22?/m1/s1. The third kappa shape index (κ3) is 3.26. The normalized spacial score (nSPS) is 23.7. The van der Waals surface area contributed by atoms with E-state index in [0.717, 1.165) is 16.9 Å². The van der Waals surface area contributed by atoms with E-state index in [0.29, 0.717) is 11.5 Å². The van der Waals surface area contributed by atoms with E-state index >= 15 is 0 Å². The van der Waals surface area contributed by atoms with Crippen molar-refractivity contribution in [1.29, 1.82) is 0 Å². The minimum atomic E-state index is -0.339. The van der Waals surface area contributed by atoms with Crippen molar-refractivity contribution in [2.24, 2.45) is 11.8 Å². The van der Waals surface area contributed by atoms with E-state index in [1.54, 1.807) is 19.1 Å². The van der Waals surface area contributed by atoms with Crippen LogP contribution in [0, 0.1) is 11.8 Å². The van der Waals surface area contributed by atoms with E-state index < -0.39 is 0 Å². The number of hydrogen-bond donors (Lipinski definition) is 1. The first-order valence-corrected chi connectivity index (χ1v) is 9.85. The number of nitrogens with one attached hydrogen (secondary N) is 1. The van der Waals surface area contributed by atoms with E-state index in [1.165, 1.54) is 20.0 Å². The fourth-order valence-electron chi connectivity index (χ4n) is 4.51. The van der Waals surface area contributed by atoms with E-state index in [1.807, 2.05) is 35.2 Å². The van der Waals surface area contributed by atoms with Crippen LogP contribution in [0.4, 0.5) is 11.4 Å². The monoisotopic (exact) mass is 378 g/mol. The summed E-state index contributed by atoms with van der Waals surface area (Å²) in [6, 6.07) is 15.8. The van der Waals surface area contributed by atoms with Gasteiger partial charge in [0, 0.05) is 30.3 Å². The number of amides is 1. The van der Waals surface area contributed by atoms with Crippen molar-refractivity contribution < 1.29 is 14.3 Å². The van der Waals surface area contributed by atoms with Crippen molar-refractivity contribution in [3.05, 3.63) is 59.7 Å². The highest BCUT2D eigenvalue weighted by Crippen LogP contribution is 2.49. The average molecular weight is 378 g/mol. The van der Waals surface area contributed by atoms with Gasteiger partial charge in [-0.2, -0.15) is 0 Å². The first-order valence-electron chi connectivity index (χ1n) is 9.85. The van der Waals surface area contributed by atoms with Gasteiger partial charge in [0.05, 0.1) is 18.7 Å². The number of para-hydroxylation sites is 1.